The van der Waals surface area contributed by atoms with Gasteiger partial charge in [0, 0.05) is 12.8 Å². The summed E-state index contributed by atoms with van der Waals surface area (Å²) in [5.74, 6) is 4.28. The Kier molecular flexibility index (Phi) is 10.4. The standard InChI is InChI=1S/C37H64O2/c1-8-9-10-11-12-13-17-34(38)39-30-20-23-35(5)29(26-30)18-19-33-32(35)22-25-36(6)31(21-24-37(33,36)7)28(4)16-14-15-27(2)3/h18,27-28,30-33H,8-17,19-26H2,1-7H3/t28-,30+,31-,32+,33-,35+,36-,37+/m1/s1. The molecule has 0 unspecified atom stereocenters. The SMILES string of the molecule is CCCCCCCCC(=O)O[C@H]1CC[C@@]2(C)C(=CC[C@@H]3[C@@H]2CC[C@]2(C)[C@@H]([C@H](C)CCCC(C)C)CC[C@@]32C)C1. The molecule has 39 heavy (non-hydrogen) atoms. The van der Waals surface area contributed by atoms with E-state index in [1.165, 1.54) is 89.9 Å². The summed E-state index contributed by atoms with van der Waals surface area (Å²) < 4.78 is 6.06. The van der Waals surface area contributed by atoms with Crippen LogP contribution in [0.25, 0.3) is 0 Å². The first-order chi connectivity index (χ1) is 18.5. The van der Waals surface area contributed by atoms with Crippen LogP contribution in [0.5, 0.6) is 0 Å². The summed E-state index contributed by atoms with van der Waals surface area (Å²) in [6, 6.07) is 0. The number of carbonyl (C=O) groups excluding carboxylic acids is 1. The Morgan fingerprint density at radius 2 is 1.59 bits per heavy atom. The Morgan fingerprint density at radius 3 is 2.33 bits per heavy atom. The van der Waals surface area contributed by atoms with Crippen molar-refractivity contribution in [3.8, 4) is 0 Å². The Bertz CT molecular complexity index is 842. The molecule has 0 amide bonds. The molecule has 224 valence electrons. The third-order valence-electron chi connectivity index (χ3n) is 13.1. The molecule has 0 saturated heterocycles. The van der Waals surface area contributed by atoms with Gasteiger partial charge in [0.05, 0.1) is 0 Å². The van der Waals surface area contributed by atoms with Crippen molar-refractivity contribution in [3.05, 3.63) is 11.6 Å². The maximum Gasteiger partial charge on any atom is 0.306 e. The normalized spacial score (nSPS) is 38.5. The summed E-state index contributed by atoms with van der Waals surface area (Å²) in [4.78, 5) is 12.6. The molecule has 3 saturated carbocycles. The van der Waals surface area contributed by atoms with Gasteiger partial charge in [0.15, 0.2) is 0 Å². The molecule has 0 N–H and O–H groups in total. The van der Waals surface area contributed by atoms with Crippen LogP contribution in [-0.4, -0.2) is 12.1 Å². The van der Waals surface area contributed by atoms with Gasteiger partial charge in [-0.05, 0) is 97.2 Å². The molecular weight excluding hydrogens is 476 g/mol. The van der Waals surface area contributed by atoms with E-state index >= 15 is 0 Å². The topological polar surface area (TPSA) is 26.3 Å². The maximum atomic E-state index is 12.6. The quantitative estimate of drug-likeness (QED) is 0.132. The third-order valence-corrected chi connectivity index (χ3v) is 13.1. The lowest BCUT2D eigenvalue weighted by atomic mass is 9.42. The lowest BCUT2D eigenvalue weighted by molar-refractivity contribution is -0.152. The van der Waals surface area contributed by atoms with E-state index in [1.54, 1.807) is 5.57 Å². The summed E-state index contributed by atoms with van der Waals surface area (Å²) in [6.07, 6.45) is 25.1. The number of hydrogen-bond acceptors (Lipinski definition) is 2. The van der Waals surface area contributed by atoms with Gasteiger partial charge in [0.1, 0.15) is 6.10 Å². The molecule has 2 heteroatoms. The zero-order chi connectivity index (χ0) is 28.3. The number of rotatable bonds is 13. The monoisotopic (exact) mass is 540 g/mol. The van der Waals surface area contributed by atoms with E-state index in [1.807, 2.05) is 0 Å². The van der Waals surface area contributed by atoms with Crippen LogP contribution < -0.4 is 0 Å². The number of hydrogen-bond donors (Lipinski definition) is 0. The van der Waals surface area contributed by atoms with Gasteiger partial charge < -0.3 is 4.74 Å². The van der Waals surface area contributed by atoms with E-state index < -0.39 is 0 Å². The minimum Gasteiger partial charge on any atom is -0.462 e. The van der Waals surface area contributed by atoms with Gasteiger partial charge in [-0.3, -0.25) is 4.79 Å². The first-order valence-corrected chi connectivity index (χ1v) is 17.4. The van der Waals surface area contributed by atoms with Crippen molar-refractivity contribution < 1.29 is 9.53 Å². The van der Waals surface area contributed by atoms with Crippen LogP contribution in [0.2, 0.25) is 0 Å². The second-order valence-corrected chi connectivity index (χ2v) is 15.8. The molecule has 0 bridgehead atoms. The van der Waals surface area contributed by atoms with E-state index in [4.69, 9.17) is 4.74 Å². The predicted octanol–water partition coefficient (Wildman–Crippen LogP) is 11.1. The van der Waals surface area contributed by atoms with Crippen molar-refractivity contribution in [2.45, 2.75) is 170 Å². The highest BCUT2D eigenvalue weighted by molar-refractivity contribution is 5.69. The highest BCUT2D eigenvalue weighted by Crippen LogP contribution is 2.72. The molecule has 3 fully saturated rings. The largest absolute Gasteiger partial charge is 0.462 e. The van der Waals surface area contributed by atoms with Gasteiger partial charge in [-0.1, -0.05) is 111 Å². The number of carbonyl (C=O) groups is 1. The third kappa shape index (κ3) is 6.35. The van der Waals surface area contributed by atoms with Crippen LogP contribution in [0.3, 0.4) is 0 Å². The average Bonchev–Trinajstić information content (AvgIpc) is 3.17. The summed E-state index contributed by atoms with van der Waals surface area (Å²) in [6.45, 7) is 17.6. The molecule has 0 aliphatic heterocycles. The van der Waals surface area contributed by atoms with Crippen LogP contribution in [0, 0.1) is 45.8 Å². The molecule has 0 spiro atoms. The highest BCUT2D eigenvalue weighted by atomic mass is 16.5. The maximum absolute atomic E-state index is 12.6. The zero-order valence-corrected chi connectivity index (χ0v) is 27.1. The van der Waals surface area contributed by atoms with Gasteiger partial charge in [-0.25, -0.2) is 0 Å². The van der Waals surface area contributed by atoms with E-state index in [0.717, 1.165) is 48.9 Å². The van der Waals surface area contributed by atoms with Gasteiger partial charge in [-0.15, -0.1) is 0 Å². The molecule has 0 aromatic rings. The molecular formula is C37H64O2. The van der Waals surface area contributed by atoms with Gasteiger partial charge in [0.25, 0.3) is 0 Å². The first-order valence-electron chi connectivity index (χ1n) is 17.4. The van der Waals surface area contributed by atoms with E-state index in [9.17, 15) is 4.79 Å². The highest BCUT2D eigenvalue weighted by Gasteiger charge is 2.64. The fraction of sp³-hybridized carbons (Fsp3) is 0.919. The summed E-state index contributed by atoms with van der Waals surface area (Å²) in [5.41, 5.74) is 2.92. The van der Waals surface area contributed by atoms with Crippen molar-refractivity contribution in [1.82, 2.24) is 0 Å². The van der Waals surface area contributed by atoms with Crippen molar-refractivity contribution in [3.63, 3.8) is 0 Å². The fourth-order valence-electron chi connectivity index (χ4n) is 10.4. The second-order valence-electron chi connectivity index (χ2n) is 15.8. The number of unbranched alkanes of at least 4 members (excludes halogenated alkanes) is 5. The van der Waals surface area contributed by atoms with Crippen LogP contribution in [0.4, 0.5) is 0 Å². The first kappa shape index (κ1) is 31.2. The minimum absolute atomic E-state index is 0.0498. The smallest absolute Gasteiger partial charge is 0.306 e. The molecule has 4 aliphatic rings. The molecule has 8 atom stereocenters. The van der Waals surface area contributed by atoms with Crippen LogP contribution in [0.15, 0.2) is 11.6 Å². The predicted molar refractivity (Wildman–Crippen MR) is 166 cm³/mol. The molecule has 0 heterocycles. The van der Waals surface area contributed by atoms with E-state index in [2.05, 4.69) is 54.5 Å². The zero-order valence-electron chi connectivity index (χ0n) is 27.1. The fourth-order valence-corrected chi connectivity index (χ4v) is 10.4. The molecule has 0 radical (unpaired) electrons. The molecule has 2 nitrogen and oxygen atoms in total. The van der Waals surface area contributed by atoms with Crippen molar-refractivity contribution >= 4 is 5.97 Å². The van der Waals surface area contributed by atoms with Crippen LogP contribution in [0.1, 0.15) is 164 Å². The number of allylic oxidation sites excluding steroid dienone is 1. The second kappa shape index (κ2) is 13.0. The lowest BCUT2D eigenvalue weighted by Gasteiger charge is -2.63. The number of fused-ring (bicyclic) bond motifs is 5. The van der Waals surface area contributed by atoms with Gasteiger partial charge in [0.2, 0.25) is 0 Å². The van der Waals surface area contributed by atoms with Crippen LogP contribution >= 0.6 is 0 Å². The van der Waals surface area contributed by atoms with Crippen molar-refractivity contribution in [1.29, 1.82) is 0 Å². The lowest BCUT2D eigenvalue weighted by Crippen LogP contribution is -2.55. The molecule has 0 aromatic heterocycles. The Balaban J connectivity index is 1.35. The minimum atomic E-state index is 0.0498. The van der Waals surface area contributed by atoms with Crippen molar-refractivity contribution in [2.75, 3.05) is 0 Å². The Hall–Kier alpha value is -0.790. The van der Waals surface area contributed by atoms with E-state index in [0.29, 0.717) is 22.7 Å². The summed E-state index contributed by atoms with van der Waals surface area (Å²) in [5, 5.41) is 0. The Morgan fingerprint density at radius 1 is 0.872 bits per heavy atom. The van der Waals surface area contributed by atoms with Gasteiger partial charge in [-0.2, -0.15) is 0 Å². The number of ether oxygens (including phenoxy) is 1. The summed E-state index contributed by atoms with van der Waals surface area (Å²) >= 11 is 0. The Labute approximate surface area is 242 Å². The molecule has 4 aliphatic carbocycles. The van der Waals surface area contributed by atoms with Gasteiger partial charge >= 0.3 is 5.97 Å². The summed E-state index contributed by atoms with van der Waals surface area (Å²) in [7, 11) is 0. The number of esters is 1. The van der Waals surface area contributed by atoms with E-state index in [-0.39, 0.29) is 12.1 Å². The molecule has 4 rings (SSSR count). The van der Waals surface area contributed by atoms with Crippen LogP contribution in [-0.2, 0) is 9.53 Å². The van der Waals surface area contributed by atoms with Crippen molar-refractivity contribution in [2.24, 2.45) is 45.8 Å². The molecule has 0 aromatic carbocycles. The average molecular weight is 541 g/mol.